The summed E-state index contributed by atoms with van der Waals surface area (Å²) >= 11 is 7.05. The average molecular weight is 475 g/mol. The van der Waals surface area contributed by atoms with Crippen molar-refractivity contribution in [3.05, 3.63) is 70.1 Å². The highest BCUT2D eigenvalue weighted by atomic mass is 35.5. The molecule has 0 saturated heterocycles. The molecule has 158 valence electrons. The number of sulfone groups is 1. The van der Waals surface area contributed by atoms with Gasteiger partial charge in [-0.2, -0.15) is 13.2 Å². The SMILES string of the molecule is Cc1ccc(S(=O)(=O)c2csc(NC(=O)Nc3cccc(C(F)(F)F)c3)c2Cl)cc1. The largest absolute Gasteiger partial charge is 0.416 e. The summed E-state index contributed by atoms with van der Waals surface area (Å²) in [6.45, 7) is 1.82. The Balaban J connectivity index is 1.78. The highest BCUT2D eigenvalue weighted by molar-refractivity contribution is 7.91. The molecular formula is C19H14ClF3N2O3S2. The zero-order valence-electron chi connectivity index (χ0n) is 15.2. The Bertz CT molecular complexity index is 1190. The van der Waals surface area contributed by atoms with Gasteiger partial charge in [0, 0.05) is 11.1 Å². The van der Waals surface area contributed by atoms with Gasteiger partial charge in [-0.3, -0.25) is 5.32 Å². The Morgan fingerprint density at radius 3 is 2.37 bits per heavy atom. The summed E-state index contributed by atoms with van der Waals surface area (Å²) in [6.07, 6.45) is -4.55. The number of benzene rings is 2. The van der Waals surface area contributed by atoms with E-state index in [2.05, 4.69) is 10.6 Å². The van der Waals surface area contributed by atoms with Crippen molar-refractivity contribution in [3.63, 3.8) is 0 Å². The Labute approximate surface area is 179 Å². The molecule has 1 heterocycles. The van der Waals surface area contributed by atoms with Gasteiger partial charge in [0.05, 0.1) is 15.5 Å². The lowest BCUT2D eigenvalue weighted by Gasteiger charge is -2.10. The fourth-order valence-corrected chi connectivity index (χ4v) is 5.59. The first-order valence-corrected chi connectivity index (χ1v) is 11.1. The summed E-state index contributed by atoms with van der Waals surface area (Å²) in [7, 11) is -3.90. The normalized spacial score (nSPS) is 11.9. The Hall–Kier alpha value is -2.56. The quantitative estimate of drug-likeness (QED) is 0.472. The van der Waals surface area contributed by atoms with Crippen molar-refractivity contribution in [2.45, 2.75) is 22.9 Å². The zero-order valence-corrected chi connectivity index (χ0v) is 17.6. The number of urea groups is 1. The monoisotopic (exact) mass is 474 g/mol. The maximum absolute atomic E-state index is 12.8. The molecule has 0 radical (unpaired) electrons. The molecule has 5 nitrogen and oxygen atoms in total. The highest BCUT2D eigenvalue weighted by Crippen LogP contribution is 2.39. The van der Waals surface area contributed by atoms with E-state index in [1.165, 1.54) is 23.6 Å². The number of halogens is 4. The molecule has 2 aromatic carbocycles. The predicted molar refractivity (Wildman–Crippen MR) is 110 cm³/mol. The van der Waals surface area contributed by atoms with Gasteiger partial charge in [-0.05, 0) is 37.3 Å². The van der Waals surface area contributed by atoms with Gasteiger partial charge < -0.3 is 5.32 Å². The van der Waals surface area contributed by atoms with Crippen LogP contribution < -0.4 is 10.6 Å². The van der Waals surface area contributed by atoms with Crippen LogP contribution in [0.5, 0.6) is 0 Å². The summed E-state index contributed by atoms with van der Waals surface area (Å²) in [5, 5.41) is 5.78. The van der Waals surface area contributed by atoms with Gasteiger partial charge >= 0.3 is 12.2 Å². The number of hydrogen-bond acceptors (Lipinski definition) is 4. The second-order valence-electron chi connectivity index (χ2n) is 6.22. The molecule has 2 N–H and O–H groups in total. The third kappa shape index (κ3) is 4.77. The van der Waals surface area contributed by atoms with Crippen LogP contribution in [0, 0.1) is 6.92 Å². The topological polar surface area (TPSA) is 75.3 Å². The molecule has 0 aliphatic rings. The van der Waals surface area contributed by atoms with Gasteiger partial charge in [-0.25, -0.2) is 13.2 Å². The average Bonchev–Trinajstić information content (AvgIpc) is 3.02. The Morgan fingerprint density at radius 2 is 1.73 bits per heavy atom. The van der Waals surface area contributed by atoms with E-state index >= 15 is 0 Å². The number of nitrogens with one attached hydrogen (secondary N) is 2. The first kappa shape index (κ1) is 22.1. The smallest absolute Gasteiger partial charge is 0.308 e. The molecule has 1 aromatic heterocycles. The lowest BCUT2D eigenvalue weighted by Crippen LogP contribution is -2.19. The van der Waals surface area contributed by atoms with Gasteiger partial charge in [0.15, 0.2) is 0 Å². The van der Waals surface area contributed by atoms with Crippen LogP contribution in [0.1, 0.15) is 11.1 Å². The fourth-order valence-electron chi connectivity index (χ4n) is 2.48. The summed E-state index contributed by atoms with van der Waals surface area (Å²) in [5.41, 5.74) is -0.109. The van der Waals surface area contributed by atoms with Gasteiger partial charge in [-0.1, -0.05) is 35.4 Å². The molecular weight excluding hydrogens is 461 g/mol. The van der Waals surface area contributed by atoms with E-state index < -0.39 is 27.6 Å². The maximum Gasteiger partial charge on any atom is 0.416 e. The molecule has 0 spiro atoms. The van der Waals surface area contributed by atoms with E-state index in [-0.39, 0.29) is 25.5 Å². The molecule has 0 aliphatic heterocycles. The number of carbonyl (C=O) groups is 1. The molecule has 0 bridgehead atoms. The van der Waals surface area contributed by atoms with Crippen LogP contribution in [0.15, 0.2) is 63.7 Å². The van der Waals surface area contributed by atoms with Crippen molar-refractivity contribution >= 4 is 49.5 Å². The van der Waals surface area contributed by atoms with Crippen molar-refractivity contribution < 1.29 is 26.4 Å². The third-order valence-electron chi connectivity index (χ3n) is 4.00. The van der Waals surface area contributed by atoms with E-state index in [9.17, 15) is 26.4 Å². The van der Waals surface area contributed by atoms with E-state index in [1.54, 1.807) is 12.1 Å². The first-order chi connectivity index (χ1) is 14.0. The van der Waals surface area contributed by atoms with E-state index in [4.69, 9.17) is 11.6 Å². The minimum Gasteiger partial charge on any atom is -0.308 e. The number of hydrogen-bond donors (Lipinski definition) is 2. The molecule has 0 atom stereocenters. The first-order valence-electron chi connectivity index (χ1n) is 8.32. The van der Waals surface area contributed by atoms with Crippen LogP contribution in [-0.4, -0.2) is 14.4 Å². The second kappa shape index (κ2) is 8.29. The second-order valence-corrected chi connectivity index (χ2v) is 9.39. The minimum atomic E-state index is -4.55. The maximum atomic E-state index is 12.8. The van der Waals surface area contributed by atoms with Crippen LogP contribution in [-0.2, 0) is 16.0 Å². The molecule has 0 aliphatic carbocycles. The van der Waals surface area contributed by atoms with Crippen molar-refractivity contribution in [2.24, 2.45) is 0 Å². The predicted octanol–water partition coefficient (Wildman–Crippen LogP) is 6.21. The van der Waals surface area contributed by atoms with Crippen molar-refractivity contribution in [1.29, 1.82) is 0 Å². The number of alkyl halides is 3. The summed E-state index contributed by atoms with van der Waals surface area (Å²) in [5.74, 6) is 0. The number of amides is 2. The van der Waals surface area contributed by atoms with Gasteiger partial charge in [0.25, 0.3) is 0 Å². The summed E-state index contributed by atoms with van der Waals surface area (Å²) in [4.78, 5) is 12.0. The number of thiophene rings is 1. The fraction of sp³-hybridized carbons (Fsp3) is 0.105. The van der Waals surface area contributed by atoms with Crippen LogP contribution in [0.4, 0.5) is 28.7 Å². The zero-order chi connectivity index (χ0) is 22.1. The molecule has 2 amide bonds. The number of anilines is 2. The summed E-state index contributed by atoms with van der Waals surface area (Å²) in [6, 6.07) is 9.44. The van der Waals surface area contributed by atoms with E-state index in [0.717, 1.165) is 35.1 Å². The van der Waals surface area contributed by atoms with Gasteiger partial charge in [0.2, 0.25) is 9.84 Å². The lowest BCUT2D eigenvalue weighted by atomic mass is 10.2. The molecule has 0 unspecified atom stereocenters. The standard InChI is InChI=1S/C19H14ClF3N2O3S2/c1-11-5-7-14(8-6-11)30(27,28)15-10-29-17(16(15)20)25-18(26)24-13-4-2-3-12(9-13)19(21,22)23/h2-10H,1H3,(H2,24,25,26). The number of carbonyl (C=O) groups excluding carboxylic acids is 1. The molecule has 0 fully saturated rings. The molecule has 30 heavy (non-hydrogen) atoms. The molecule has 11 heteroatoms. The minimum absolute atomic E-state index is 0.0480. The van der Waals surface area contributed by atoms with Crippen molar-refractivity contribution in [3.8, 4) is 0 Å². The Morgan fingerprint density at radius 1 is 1.07 bits per heavy atom. The Kier molecular flexibility index (Phi) is 6.11. The van der Waals surface area contributed by atoms with E-state index in [0.29, 0.717) is 0 Å². The van der Waals surface area contributed by atoms with E-state index in [1.807, 2.05) is 6.92 Å². The van der Waals surface area contributed by atoms with Gasteiger partial charge in [0.1, 0.15) is 9.90 Å². The van der Waals surface area contributed by atoms with Crippen molar-refractivity contribution in [2.75, 3.05) is 10.6 Å². The third-order valence-corrected chi connectivity index (χ3v) is 7.45. The van der Waals surface area contributed by atoms with Crippen LogP contribution in [0.3, 0.4) is 0 Å². The molecule has 3 rings (SSSR count). The number of aryl methyl sites for hydroxylation is 1. The number of rotatable bonds is 4. The lowest BCUT2D eigenvalue weighted by molar-refractivity contribution is -0.137. The summed E-state index contributed by atoms with van der Waals surface area (Å²) < 4.78 is 63.9. The van der Waals surface area contributed by atoms with Crippen LogP contribution in [0.25, 0.3) is 0 Å². The van der Waals surface area contributed by atoms with Crippen molar-refractivity contribution in [1.82, 2.24) is 0 Å². The molecule has 0 saturated carbocycles. The van der Waals surface area contributed by atoms with Gasteiger partial charge in [-0.15, -0.1) is 11.3 Å². The molecule has 3 aromatic rings. The highest BCUT2D eigenvalue weighted by Gasteiger charge is 2.30. The van der Waals surface area contributed by atoms with Crippen LogP contribution in [0.2, 0.25) is 5.02 Å². The van der Waals surface area contributed by atoms with Crippen LogP contribution >= 0.6 is 22.9 Å².